The average Bonchev–Trinajstić information content (AvgIpc) is 3.03. The minimum Gasteiger partial charge on any atom is -0.457 e. The van der Waals surface area contributed by atoms with Gasteiger partial charge in [-0.2, -0.15) is 0 Å². The van der Waals surface area contributed by atoms with Crippen LogP contribution in [-0.4, -0.2) is 21.1 Å². The molecular formula is C17H16N4O3. The van der Waals surface area contributed by atoms with Crippen molar-refractivity contribution in [2.75, 3.05) is 0 Å². The highest BCUT2D eigenvalue weighted by atomic mass is 16.5. The lowest BCUT2D eigenvalue weighted by Crippen LogP contribution is -2.28. The zero-order valence-electron chi connectivity index (χ0n) is 12.9. The summed E-state index contributed by atoms with van der Waals surface area (Å²) in [5, 5.41) is 8.56. The molecule has 7 nitrogen and oxygen atoms in total. The summed E-state index contributed by atoms with van der Waals surface area (Å²) < 4.78 is 5.89. The summed E-state index contributed by atoms with van der Waals surface area (Å²) in [7, 11) is 0. The molecule has 1 heterocycles. The molecule has 0 saturated heterocycles. The third kappa shape index (κ3) is 3.52. The number of aromatic nitrogens is 3. The average molecular weight is 324 g/mol. The van der Waals surface area contributed by atoms with Gasteiger partial charge in [0.15, 0.2) is 0 Å². The molecule has 0 aliphatic heterocycles. The Bertz CT molecular complexity index is 886. The molecule has 3 rings (SSSR count). The van der Waals surface area contributed by atoms with Gasteiger partial charge in [-0.15, -0.1) is 5.10 Å². The predicted molar refractivity (Wildman–Crippen MR) is 88.0 cm³/mol. The van der Waals surface area contributed by atoms with Crippen molar-refractivity contribution in [3.8, 4) is 11.5 Å². The molecule has 0 aliphatic carbocycles. The Balaban J connectivity index is 1.78. The van der Waals surface area contributed by atoms with E-state index in [1.165, 1.54) is 0 Å². The fraction of sp³-hybridized carbons (Fsp3) is 0.118. The molecule has 0 bridgehead atoms. The number of benzene rings is 2. The van der Waals surface area contributed by atoms with Crippen molar-refractivity contribution in [1.82, 2.24) is 20.5 Å². The summed E-state index contributed by atoms with van der Waals surface area (Å²) >= 11 is 0. The number of hydrogen-bond acceptors (Lipinski definition) is 4. The van der Waals surface area contributed by atoms with Crippen LogP contribution in [0, 0.1) is 0 Å². The van der Waals surface area contributed by atoms with Crippen LogP contribution in [0.2, 0.25) is 0 Å². The number of amides is 1. The lowest BCUT2D eigenvalue weighted by atomic mass is 10.1. The largest absolute Gasteiger partial charge is 0.457 e. The van der Waals surface area contributed by atoms with E-state index >= 15 is 0 Å². The molecule has 3 aromatic rings. The molecule has 1 aromatic heterocycles. The molecule has 2 aromatic carbocycles. The molecule has 0 fully saturated rings. The van der Waals surface area contributed by atoms with Crippen molar-refractivity contribution in [2.45, 2.75) is 13.0 Å². The highest BCUT2D eigenvalue weighted by molar-refractivity contribution is 5.90. The fourth-order valence-electron chi connectivity index (χ4n) is 2.27. The Morgan fingerprint density at radius 3 is 2.54 bits per heavy atom. The molecule has 122 valence electrons. The van der Waals surface area contributed by atoms with Gasteiger partial charge >= 0.3 is 5.69 Å². The second-order valence-electron chi connectivity index (χ2n) is 5.17. The Kier molecular flexibility index (Phi) is 4.42. The first-order valence-corrected chi connectivity index (χ1v) is 7.41. The van der Waals surface area contributed by atoms with Crippen LogP contribution in [0.15, 0.2) is 59.4 Å². The number of carbonyl (C=O) groups is 1. The monoisotopic (exact) mass is 324 g/mol. The molecule has 1 atom stereocenters. The van der Waals surface area contributed by atoms with Crippen molar-refractivity contribution >= 4 is 5.91 Å². The maximum Gasteiger partial charge on any atom is 0.341 e. The number of H-pyrrole nitrogens is 2. The quantitative estimate of drug-likeness (QED) is 0.671. The Hall–Kier alpha value is -3.35. The summed E-state index contributed by atoms with van der Waals surface area (Å²) in [5.41, 5.74) is 0.285. The van der Waals surface area contributed by atoms with E-state index in [0.717, 1.165) is 5.56 Å². The van der Waals surface area contributed by atoms with Crippen molar-refractivity contribution in [1.29, 1.82) is 0 Å². The maximum absolute atomic E-state index is 12.1. The number of nitrogens with zero attached hydrogens (tertiary/aromatic N) is 1. The lowest BCUT2D eigenvalue weighted by Gasteiger charge is -2.17. The number of para-hydroxylation sites is 2. The summed E-state index contributed by atoms with van der Waals surface area (Å²) in [6, 6.07) is 16.5. The second-order valence-corrected chi connectivity index (χ2v) is 5.17. The fourth-order valence-corrected chi connectivity index (χ4v) is 2.27. The van der Waals surface area contributed by atoms with Crippen molar-refractivity contribution in [3.63, 3.8) is 0 Å². The molecule has 3 N–H and O–H groups in total. The Morgan fingerprint density at radius 1 is 1.12 bits per heavy atom. The number of ether oxygens (including phenoxy) is 1. The van der Waals surface area contributed by atoms with Gasteiger partial charge in [-0.05, 0) is 25.1 Å². The van der Waals surface area contributed by atoms with Crippen LogP contribution in [0.4, 0.5) is 0 Å². The molecule has 0 aliphatic rings. The third-order valence-electron chi connectivity index (χ3n) is 3.42. The minimum absolute atomic E-state index is 0.0618. The van der Waals surface area contributed by atoms with Gasteiger partial charge in [0.1, 0.15) is 11.5 Å². The van der Waals surface area contributed by atoms with Gasteiger partial charge in [-0.25, -0.2) is 9.89 Å². The molecule has 1 amide bonds. The molecular weight excluding hydrogens is 308 g/mol. The summed E-state index contributed by atoms with van der Waals surface area (Å²) in [6.07, 6.45) is 0. The predicted octanol–water partition coefficient (Wildman–Crippen LogP) is 2.38. The summed E-state index contributed by atoms with van der Waals surface area (Å²) in [6.45, 7) is 1.83. The third-order valence-corrected chi connectivity index (χ3v) is 3.42. The first-order chi connectivity index (χ1) is 11.6. The van der Waals surface area contributed by atoms with Crippen molar-refractivity contribution in [3.05, 3.63) is 76.5 Å². The normalized spacial score (nSPS) is 11.7. The van der Waals surface area contributed by atoms with Crippen LogP contribution in [0.25, 0.3) is 0 Å². The van der Waals surface area contributed by atoms with Gasteiger partial charge < -0.3 is 10.1 Å². The van der Waals surface area contributed by atoms with E-state index in [0.29, 0.717) is 11.5 Å². The zero-order chi connectivity index (χ0) is 16.9. The molecule has 7 heteroatoms. The van der Waals surface area contributed by atoms with Gasteiger partial charge in [0.25, 0.3) is 5.91 Å². The standard InChI is InChI=1S/C17H16N4O3/c1-11(18-16(22)15-19-17(23)21-20-15)13-9-5-6-10-14(13)24-12-7-3-2-4-8-12/h2-11H,1H3,(H,18,22)(H2,19,20,21,23)/t11-/m0/s1. The number of nitrogens with one attached hydrogen (secondary N) is 3. The van der Waals surface area contributed by atoms with E-state index in [-0.39, 0.29) is 11.9 Å². The SMILES string of the molecule is C[C@H](NC(=O)c1n[nH]c(=O)[nH]1)c1ccccc1Oc1ccccc1. The first-order valence-electron chi connectivity index (χ1n) is 7.41. The van der Waals surface area contributed by atoms with Crippen LogP contribution >= 0.6 is 0 Å². The number of rotatable bonds is 5. The smallest absolute Gasteiger partial charge is 0.341 e. The van der Waals surface area contributed by atoms with E-state index in [1.807, 2.05) is 61.5 Å². The van der Waals surface area contributed by atoms with Crippen molar-refractivity contribution in [2.24, 2.45) is 0 Å². The maximum atomic E-state index is 12.1. The van der Waals surface area contributed by atoms with Crippen LogP contribution in [0.5, 0.6) is 11.5 Å². The van der Waals surface area contributed by atoms with Gasteiger partial charge in [0.2, 0.25) is 5.82 Å². The molecule has 0 spiro atoms. The van der Waals surface area contributed by atoms with Gasteiger partial charge in [-0.1, -0.05) is 36.4 Å². The Morgan fingerprint density at radius 2 is 1.83 bits per heavy atom. The number of carbonyl (C=O) groups excluding carboxylic acids is 1. The second kappa shape index (κ2) is 6.82. The van der Waals surface area contributed by atoms with E-state index in [1.54, 1.807) is 0 Å². The zero-order valence-corrected chi connectivity index (χ0v) is 12.9. The number of aromatic amines is 2. The lowest BCUT2D eigenvalue weighted by molar-refractivity contribution is 0.0929. The highest BCUT2D eigenvalue weighted by Crippen LogP contribution is 2.29. The highest BCUT2D eigenvalue weighted by Gasteiger charge is 2.17. The van der Waals surface area contributed by atoms with Crippen molar-refractivity contribution < 1.29 is 9.53 Å². The van der Waals surface area contributed by atoms with Gasteiger partial charge in [0, 0.05) is 5.56 Å². The van der Waals surface area contributed by atoms with Gasteiger partial charge in [0.05, 0.1) is 6.04 Å². The molecule has 0 saturated carbocycles. The van der Waals surface area contributed by atoms with Gasteiger partial charge in [-0.3, -0.25) is 9.78 Å². The molecule has 0 radical (unpaired) electrons. The summed E-state index contributed by atoms with van der Waals surface area (Å²) in [4.78, 5) is 25.5. The van der Waals surface area contributed by atoms with E-state index < -0.39 is 11.6 Å². The minimum atomic E-state index is -0.527. The topological polar surface area (TPSA) is 99.9 Å². The van der Waals surface area contributed by atoms with Crippen LogP contribution < -0.4 is 15.7 Å². The van der Waals surface area contributed by atoms with E-state index in [2.05, 4.69) is 20.5 Å². The summed E-state index contributed by atoms with van der Waals surface area (Å²) in [5.74, 6) is 0.816. The molecule has 24 heavy (non-hydrogen) atoms. The van der Waals surface area contributed by atoms with E-state index in [4.69, 9.17) is 4.74 Å². The Labute approximate surface area is 137 Å². The van der Waals surface area contributed by atoms with Crippen LogP contribution in [0.1, 0.15) is 29.1 Å². The first kappa shape index (κ1) is 15.5. The van der Waals surface area contributed by atoms with E-state index in [9.17, 15) is 9.59 Å². The van der Waals surface area contributed by atoms with Crippen LogP contribution in [-0.2, 0) is 0 Å². The van der Waals surface area contributed by atoms with Crippen LogP contribution in [0.3, 0.4) is 0 Å². The number of hydrogen-bond donors (Lipinski definition) is 3. The molecule has 0 unspecified atom stereocenters.